The van der Waals surface area contributed by atoms with Crippen LogP contribution in [-0.2, 0) is 19.1 Å². The molecule has 35 heavy (non-hydrogen) atoms. The maximum atomic E-state index is 14.5. The van der Waals surface area contributed by atoms with E-state index in [1.54, 1.807) is 29.7 Å². The zero-order chi connectivity index (χ0) is 26.1. The van der Waals surface area contributed by atoms with Gasteiger partial charge in [-0.2, -0.15) is 0 Å². The van der Waals surface area contributed by atoms with Crippen LogP contribution in [0.25, 0.3) is 0 Å². The summed E-state index contributed by atoms with van der Waals surface area (Å²) >= 11 is 1.65. The smallest absolute Gasteiger partial charge is 0.310 e. The van der Waals surface area contributed by atoms with Crippen LogP contribution in [-0.4, -0.2) is 80.6 Å². The Hall–Kier alpha value is -1.54. The van der Waals surface area contributed by atoms with Crippen molar-refractivity contribution < 1.29 is 24.2 Å². The Morgan fingerprint density at radius 1 is 1.34 bits per heavy atom. The average Bonchev–Trinajstić information content (AvgIpc) is 3.39. The molecule has 3 heterocycles. The van der Waals surface area contributed by atoms with E-state index in [1.165, 1.54) is 0 Å². The van der Waals surface area contributed by atoms with E-state index in [4.69, 9.17) is 4.74 Å². The molecule has 0 radical (unpaired) electrons. The lowest BCUT2D eigenvalue weighted by molar-refractivity contribution is -0.154. The van der Waals surface area contributed by atoms with Crippen molar-refractivity contribution in [3.8, 4) is 0 Å². The zero-order valence-electron chi connectivity index (χ0n) is 22.2. The second-order valence-electron chi connectivity index (χ2n) is 10.9. The molecule has 0 aromatic heterocycles. The van der Waals surface area contributed by atoms with Crippen LogP contribution in [0.15, 0.2) is 12.7 Å². The van der Waals surface area contributed by atoms with E-state index < -0.39 is 28.7 Å². The van der Waals surface area contributed by atoms with Gasteiger partial charge in [0.05, 0.1) is 35.8 Å². The number of esters is 1. The number of rotatable bonds is 12. The van der Waals surface area contributed by atoms with Gasteiger partial charge in [-0.3, -0.25) is 14.4 Å². The largest absolute Gasteiger partial charge is 0.466 e. The highest BCUT2D eigenvalue weighted by molar-refractivity contribution is 8.02. The van der Waals surface area contributed by atoms with Crippen molar-refractivity contribution in [2.75, 3.05) is 19.8 Å². The van der Waals surface area contributed by atoms with Crippen molar-refractivity contribution in [2.45, 2.75) is 95.3 Å². The summed E-state index contributed by atoms with van der Waals surface area (Å²) in [6, 6.07) is -1.20. The number of thioether (sulfide) groups is 1. The number of aliphatic hydroxyl groups is 1. The molecule has 7 nitrogen and oxygen atoms in total. The van der Waals surface area contributed by atoms with Crippen LogP contribution in [0.3, 0.4) is 0 Å². The number of ether oxygens (including phenoxy) is 1. The number of hydrogen-bond acceptors (Lipinski definition) is 6. The number of fused-ring (bicyclic) bond motifs is 1. The predicted molar refractivity (Wildman–Crippen MR) is 139 cm³/mol. The molecule has 198 valence electrons. The number of amides is 2. The summed E-state index contributed by atoms with van der Waals surface area (Å²) in [5.41, 5.74) is 0. The van der Waals surface area contributed by atoms with E-state index in [-0.39, 0.29) is 54.1 Å². The van der Waals surface area contributed by atoms with E-state index in [9.17, 15) is 19.5 Å². The quantitative estimate of drug-likeness (QED) is 0.321. The summed E-state index contributed by atoms with van der Waals surface area (Å²) in [7, 11) is 0. The molecule has 1 spiro atoms. The van der Waals surface area contributed by atoms with Crippen molar-refractivity contribution >= 4 is 29.5 Å². The standard InChI is InChI=1S/C27H44N2O5S/c1-8-11-18(7)28(12-9-2)25(32)23-27-17(6)14-20(35-27)21(26(33)34-10-3)22(27)24(31)29(23)19(15-30)13-16(4)5/h9,16-23,30H,2,8,10-15H2,1,3-7H3/t17?,18?,19-,20+,21-,22+,23?,27?/m1/s1. The second-order valence-corrected chi connectivity index (χ2v) is 12.5. The number of carbonyl (C=O) groups excluding carboxylic acids is 3. The van der Waals surface area contributed by atoms with Gasteiger partial charge in [-0.1, -0.05) is 40.2 Å². The molecule has 0 aromatic rings. The first-order valence-electron chi connectivity index (χ1n) is 13.3. The van der Waals surface area contributed by atoms with Gasteiger partial charge in [0.25, 0.3) is 0 Å². The van der Waals surface area contributed by atoms with Crippen molar-refractivity contribution in [2.24, 2.45) is 23.7 Å². The van der Waals surface area contributed by atoms with Gasteiger partial charge in [0.15, 0.2) is 0 Å². The summed E-state index contributed by atoms with van der Waals surface area (Å²) in [6.07, 6.45) is 4.89. The van der Waals surface area contributed by atoms with Gasteiger partial charge >= 0.3 is 5.97 Å². The highest BCUT2D eigenvalue weighted by Crippen LogP contribution is 2.69. The number of aliphatic hydroxyl groups excluding tert-OH is 1. The van der Waals surface area contributed by atoms with Crippen LogP contribution in [0.2, 0.25) is 0 Å². The number of likely N-dealkylation sites (tertiary alicyclic amines) is 1. The Bertz CT molecular complexity index is 819. The molecule has 0 aliphatic carbocycles. The minimum atomic E-state index is -0.723. The van der Waals surface area contributed by atoms with Gasteiger partial charge in [-0.05, 0) is 44.9 Å². The Morgan fingerprint density at radius 3 is 2.57 bits per heavy atom. The normalized spacial score (nSPS) is 33.1. The van der Waals surface area contributed by atoms with E-state index in [0.29, 0.717) is 13.0 Å². The Kier molecular flexibility index (Phi) is 9.01. The lowest BCUT2D eigenvalue weighted by atomic mass is 9.66. The van der Waals surface area contributed by atoms with Gasteiger partial charge < -0.3 is 19.6 Å². The van der Waals surface area contributed by atoms with Crippen LogP contribution in [0.5, 0.6) is 0 Å². The van der Waals surface area contributed by atoms with E-state index in [0.717, 1.165) is 19.3 Å². The summed E-state index contributed by atoms with van der Waals surface area (Å²) in [5.74, 6) is -1.44. The fraction of sp³-hybridized carbons (Fsp3) is 0.815. The first-order chi connectivity index (χ1) is 16.6. The van der Waals surface area contributed by atoms with Crippen LogP contribution in [0.1, 0.15) is 67.2 Å². The third-order valence-corrected chi connectivity index (χ3v) is 10.2. The van der Waals surface area contributed by atoms with Gasteiger partial charge in [0, 0.05) is 17.8 Å². The van der Waals surface area contributed by atoms with Gasteiger partial charge in [-0.25, -0.2) is 0 Å². The van der Waals surface area contributed by atoms with E-state index >= 15 is 0 Å². The number of nitrogens with zero attached hydrogens (tertiary/aromatic N) is 2. The van der Waals surface area contributed by atoms with Gasteiger partial charge in [-0.15, -0.1) is 18.3 Å². The monoisotopic (exact) mass is 508 g/mol. The molecule has 4 unspecified atom stereocenters. The lowest BCUT2D eigenvalue weighted by Crippen LogP contribution is -2.60. The molecular weight excluding hydrogens is 464 g/mol. The molecule has 3 aliphatic rings. The highest BCUT2D eigenvalue weighted by atomic mass is 32.2. The molecule has 3 rings (SSSR count). The molecule has 0 aromatic carbocycles. The third-order valence-electron chi connectivity index (χ3n) is 8.17. The van der Waals surface area contributed by atoms with Gasteiger partial charge in [0.1, 0.15) is 6.04 Å². The van der Waals surface area contributed by atoms with Gasteiger partial charge in [0.2, 0.25) is 11.8 Å². The molecule has 8 heteroatoms. The summed E-state index contributed by atoms with van der Waals surface area (Å²) in [5, 5.41) is 10.4. The number of hydrogen-bond donors (Lipinski definition) is 1. The van der Waals surface area contributed by atoms with Crippen LogP contribution in [0, 0.1) is 23.7 Å². The van der Waals surface area contributed by atoms with E-state index in [1.807, 2.05) is 11.8 Å². The molecular formula is C27H44N2O5S. The highest BCUT2D eigenvalue weighted by Gasteiger charge is 2.77. The third kappa shape index (κ3) is 4.65. The summed E-state index contributed by atoms with van der Waals surface area (Å²) < 4.78 is 4.72. The molecule has 8 atom stereocenters. The minimum absolute atomic E-state index is 0.00431. The fourth-order valence-electron chi connectivity index (χ4n) is 6.82. The first kappa shape index (κ1) is 28.0. The Balaban J connectivity index is 2.14. The maximum absolute atomic E-state index is 14.5. The van der Waals surface area contributed by atoms with Crippen LogP contribution < -0.4 is 0 Å². The zero-order valence-corrected chi connectivity index (χ0v) is 23.1. The molecule has 3 aliphatic heterocycles. The van der Waals surface area contributed by atoms with E-state index in [2.05, 4.69) is 34.3 Å². The Labute approximate surface area is 215 Å². The lowest BCUT2D eigenvalue weighted by Gasteiger charge is -2.43. The molecule has 3 saturated heterocycles. The molecule has 1 N–H and O–H groups in total. The first-order valence-corrected chi connectivity index (χ1v) is 14.2. The summed E-state index contributed by atoms with van der Waals surface area (Å²) in [4.78, 5) is 45.3. The van der Waals surface area contributed by atoms with Crippen LogP contribution in [0.4, 0.5) is 0 Å². The second kappa shape index (κ2) is 11.2. The van der Waals surface area contributed by atoms with Crippen molar-refractivity contribution in [3.63, 3.8) is 0 Å². The summed E-state index contributed by atoms with van der Waals surface area (Å²) in [6.45, 7) is 16.5. The molecule has 0 saturated carbocycles. The fourth-order valence-corrected chi connectivity index (χ4v) is 9.21. The predicted octanol–water partition coefficient (Wildman–Crippen LogP) is 3.50. The van der Waals surface area contributed by atoms with Crippen molar-refractivity contribution in [1.29, 1.82) is 0 Å². The maximum Gasteiger partial charge on any atom is 0.310 e. The van der Waals surface area contributed by atoms with Crippen molar-refractivity contribution in [3.05, 3.63) is 12.7 Å². The topological polar surface area (TPSA) is 87.2 Å². The molecule has 3 fully saturated rings. The molecule has 2 amide bonds. The van der Waals surface area contributed by atoms with Crippen molar-refractivity contribution in [1.82, 2.24) is 9.80 Å². The van der Waals surface area contributed by atoms with Crippen LogP contribution >= 0.6 is 11.8 Å². The SMILES string of the molecule is C=CCN(C(=O)C1N([C@@H](CO)CC(C)C)C(=O)[C@@H]2[C@H](C(=O)OCC)[C@@H]3CC(C)C12S3)C(C)CCC. The minimum Gasteiger partial charge on any atom is -0.466 e. The number of carbonyl (C=O) groups is 3. The Morgan fingerprint density at radius 2 is 2.03 bits per heavy atom. The average molecular weight is 509 g/mol. The molecule has 2 bridgehead atoms.